The van der Waals surface area contributed by atoms with E-state index in [0.717, 1.165) is 24.2 Å². The van der Waals surface area contributed by atoms with Crippen molar-refractivity contribution in [3.63, 3.8) is 0 Å². The van der Waals surface area contributed by atoms with Gasteiger partial charge in [0.1, 0.15) is 11.6 Å². The Morgan fingerprint density at radius 1 is 1.47 bits per heavy atom. The fraction of sp³-hybridized carbons (Fsp3) is 0.357. The molecule has 0 radical (unpaired) electrons. The monoisotopic (exact) mass is 325 g/mol. The van der Waals surface area contributed by atoms with Crippen LogP contribution in [0.1, 0.15) is 23.9 Å². The highest BCUT2D eigenvalue weighted by Gasteiger charge is 2.12. The van der Waals surface area contributed by atoms with Gasteiger partial charge < -0.3 is 9.88 Å². The molecule has 0 aliphatic carbocycles. The van der Waals surface area contributed by atoms with Crippen molar-refractivity contribution < 1.29 is 4.39 Å². The summed E-state index contributed by atoms with van der Waals surface area (Å²) in [4.78, 5) is 4.30. The number of rotatable bonds is 5. The Morgan fingerprint density at radius 2 is 2.26 bits per heavy atom. The van der Waals surface area contributed by atoms with Gasteiger partial charge in [-0.2, -0.15) is 0 Å². The molecule has 1 aromatic carbocycles. The minimum absolute atomic E-state index is 0.124. The Hall–Kier alpha value is -1.20. The van der Waals surface area contributed by atoms with Gasteiger partial charge in [0.25, 0.3) is 0 Å². The summed E-state index contributed by atoms with van der Waals surface area (Å²) < 4.78 is 16.1. The number of nitrogens with zero attached hydrogens (tertiary/aromatic N) is 2. The highest BCUT2D eigenvalue weighted by Crippen LogP contribution is 2.23. The van der Waals surface area contributed by atoms with Gasteiger partial charge in [0.15, 0.2) is 0 Å². The molecule has 0 amide bonds. The van der Waals surface area contributed by atoms with E-state index in [4.69, 9.17) is 0 Å². The van der Waals surface area contributed by atoms with E-state index in [1.807, 2.05) is 30.9 Å². The predicted octanol–water partition coefficient (Wildman–Crippen LogP) is 3.22. The molecule has 1 heterocycles. The van der Waals surface area contributed by atoms with Crippen LogP contribution in [0.4, 0.5) is 4.39 Å². The zero-order chi connectivity index (χ0) is 13.8. The molecule has 102 valence electrons. The van der Waals surface area contributed by atoms with Crippen molar-refractivity contribution in [2.24, 2.45) is 7.05 Å². The van der Waals surface area contributed by atoms with Crippen molar-refractivity contribution in [2.75, 3.05) is 7.05 Å². The lowest BCUT2D eigenvalue weighted by molar-refractivity contribution is 0.529. The van der Waals surface area contributed by atoms with E-state index >= 15 is 0 Å². The first-order valence-electron chi connectivity index (χ1n) is 6.20. The molecule has 0 aliphatic heterocycles. The van der Waals surface area contributed by atoms with E-state index in [2.05, 4.69) is 26.2 Å². The maximum atomic E-state index is 13.6. The van der Waals surface area contributed by atoms with Crippen molar-refractivity contribution in [1.82, 2.24) is 14.9 Å². The van der Waals surface area contributed by atoms with Crippen molar-refractivity contribution >= 4 is 15.9 Å². The molecule has 2 aromatic rings. The van der Waals surface area contributed by atoms with Gasteiger partial charge in [-0.15, -0.1) is 0 Å². The summed E-state index contributed by atoms with van der Waals surface area (Å²) in [7, 11) is 3.87. The second-order valence-electron chi connectivity index (χ2n) is 4.51. The van der Waals surface area contributed by atoms with E-state index in [1.165, 1.54) is 0 Å². The Morgan fingerprint density at radius 3 is 2.84 bits per heavy atom. The van der Waals surface area contributed by atoms with Crippen LogP contribution in [-0.2, 0) is 13.5 Å². The Labute approximate surface area is 121 Å². The second-order valence-corrected chi connectivity index (χ2v) is 5.36. The van der Waals surface area contributed by atoms with Crippen LogP contribution in [0, 0.1) is 5.82 Å². The molecule has 0 spiro atoms. The average Bonchev–Trinajstić information content (AvgIpc) is 2.80. The standard InChI is InChI=1S/C14H17BrFN3/c1-17-13(5-6-14-18-7-8-19(14)2)10-3-4-11(15)12(16)9-10/h3-4,7-9,13,17H,5-6H2,1-2H3. The highest BCUT2D eigenvalue weighted by molar-refractivity contribution is 9.10. The molecule has 0 bridgehead atoms. The molecule has 1 atom stereocenters. The van der Waals surface area contributed by atoms with Crippen LogP contribution < -0.4 is 5.32 Å². The van der Waals surface area contributed by atoms with Crippen LogP contribution in [-0.4, -0.2) is 16.6 Å². The van der Waals surface area contributed by atoms with Crippen LogP contribution in [0.15, 0.2) is 35.1 Å². The third kappa shape index (κ3) is 3.42. The Kier molecular flexibility index (Phi) is 4.71. The Balaban J connectivity index is 2.07. The zero-order valence-electron chi connectivity index (χ0n) is 11.0. The molecule has 1 aromatic heterocycles. The van der Waals surface area contributed by atoms with E-state index in [-0.39, 0.29) is 11.9 Å². The molecule has 0 aliphatic rings. The number of imidazole rings is 1. The van der Waals surface area contributed by atoms with Crippen LogP contribution in [0.2, 0.25) is 0 Å². The number of hydrogen-bond acceptors (Lipinski definition) is 2. The lowest BCUT2D eigenvalue weighted by atomic mass is 10.0. The topological polar surface area (TPSA) is 29.9 Å². The summed E-state index contributed by atoms with van der Waals surface area (Å²) in [6.07, 6.45) is 5.46. The smallest absolute Gasteiger partial charge is 0.137 e. The lowest BCUT2D eigenvalue weighted by Crippen LogP contribution is -2.18. The molecule has 19 heavy (non-hydrogen) atoms. The van der Waals surface area contributed by atoms with Gasteiger partial charge >= 0.3 is 0 Å². The average molecular weight is 326 g/mol. The van der Waals surface area contributed by atoms with Gasteiger partial charge in [-0.3, -0.25) is 0 Å². The SMILES string of the molecule is CNC(CCc1nccn1C)c1ccc(Br)c(F)c1. The number of aryl methyl sites for hydroxylation is 2. The van der Waals surface area contributed by atoms with E-state index in [9.17, 15) is 4.39 Å². The predicted molar refractivity (Wildman–Crippen MR) is 77.4 cm³/mol. The maximum Gasteiger partial charge on any atom is 0.137 e. The summed E-state index contributed by atoms with van der Waals surface area (Å²) in [5, 5.41) is 3.23. The number of benzene rings is 1. The molecule has 0 fully saturated rings. The van der Waals surface area contributed by atoms with E-state index in [0.29, 0.717) is 4.47 Å². The maximum absolute atomic E-state index is 13.6. The summed E-state index contributed by atoms with van der Waals surface area (Å²) in [5.41, 5.74) is 0.956. The van der Waals surface area contributed by atoms with Gasteiger partial charge in [0.2, 0.25) is 0 Å². The summed E-state index contributed by atoms with van der Waals surface area (Å²) in [5.74, 6) is 0.813. The van der Waals surface area contributed by atoms with Crippen LogP contribution in [0.3, 0.4) is 0 Å². The molecule has 2 rings (SSSR count). The largest absolute Gasteiger partial charge is 0.338 e. The number of aromatic nitrogens is 2. The van der Waals surface area contributed by atoms with E-state index < -0.39 is 0 Å². The molecule has 0 saturated carbocycles. The highest BCUT2D eigenvalue weighted by atomic mass is 79.9. The Bertz CT molecular complexity index is 553. The normalized spacial score (nSPS) is 12.6. The third-order valence-electron chi connectivity index (χ3n) is 3.27. The molecule has 1 N–H and O–H groups in total. The van der Waals surface area contributed by atoms with Crippen molar-refractivity contribution in [3.05, 3.63) is 52.3 Å². The fourth-order valence-electron chi connectivity index (χ4n) is 2.12. The minimum Gasteiger partial charge on any atom is -0.338 e. The van der Waals surface area contributed by atoms with Gasteiger partial charge in [-0.05, 0) is 47.1 Å². The van der Waals surface area contributed by atoms with Crippen molar-refractivity contribution in [2.45, 2.75) is 18.9 Å². The molecular weight excluding hydrogens is 309 g/mol. The van der Waals surface area contributed by atoms with Crippen LogP contribution >= 0.6 is 15.9 Å². The zero-order valence-corrected chi connectivity index (χ0v) is 12.6. The lowest BCUT2D eigenvalue weighted by Gasteiger charge is -2.17. The number of halogens is 2. The minimum atomic E-state index is -0.227. The van der Waals surface area contributed by atoms with Crippen LogP contribution in [0.5, 0.6) is 0 Å². The van der Waals surface area contributed by atoms with Gasteiger partial charge in [-0.25, -0.2) is 9.37 Å². The quantitative estimate of drug-likeness (QED) is 0.914. The number of hydrogen-bond donors (Lipinski definition) is 1. The van der Waals surface area contributed by atoms with Gasteiger partial charge in [0, 0.05) is 31.9 Å². The molecular formula is C14H17BrFN3. The van der Waals surface area contributed by atoms with Crippen LogP contribution in [0.25, 0.3) is 0 Å². The third-order valence-corrected chi connectivity index (χ3v) is 3.92. The summed E-state index contributed by atoms with van der Waals surface area (Å²) >= 11 is 3.17. The first-order chi connectivity index (χ1) is 9.11. The van der Waals surface area contributed by atoms with Crippen molar-refractivity contribution in [3.8, 4) is 0 Å². The molecule has 0 saturated heterocycles. The second kappa shape index (κ2) is 6.30. The van der Waals surface area contributed by atoms with Gasteiger partial charge in [0.05, 0.1) is 4.47 Å². The number of nitrogens with one attached hydrogen (secondary N) is 1. The summed E-state index contributed by atoms with van der Waals surface area (Å²) in [6.45, 7) is 0. The first-order valence-corrected chi connectivity index (χ1v) is 6.99. The van der Waals surface area contributed by atoms with Crippen molar-refractivity contribution in [1.29, 1.82) is 0 Å². The fourth-order valence-corrected chi connectivity index (χ4v) is 2.36. The molecule has 3 nitrogen and oxygen atoms in total. The summed E-state index contributed by atoms with van der Waals surface area (Å²) in [6, 6.07) is 5.38. The molecule has 5 heteroatoms. The first kappa shape index (κ1) is 14.2. The molecule has 1 unspecified atom stereocenters. The van der Waals surface area contributed by atoms with E-state index in [1.54, 1.807) is 18.3 Å². The van der Waals surface area contributed by atoms with Gasteiger partial charge in [-0.1, -0.05) is 6.07 Å².